The second-order valence-corrected chi connectivity index (χ2v) is 10.4. The number of Topliss-reactive ketones (excluding diaryl/α,β-unsaturated/α-hetero) is 1. The highest BCUT2D eigenvalue weighted by Crippen LogP contribution is 2.39. The summed E-state index contributed by atoms with van der Waals surface area (Å²) in [6.45, 7) is 3.74. The van der Waals surface area contributed by atoms with Gasteiger partial charge in [0.2, 0.25) is 5.91 Å². The first-order valence-corrected chi connectivity index (χ1v) is 12.5. The number of carbonyl (C=O) groups excluding carboxylic acids is 3. The maximum absolute atomic E-state index is 13.8. The van der Waals surface area contributed by atoms with E-state index in [1.165, 1.54) is 5.01 Å². The molecule has 2 aromatic rings. The molecule has 1 unspecified atom stereocenters. The van der Waals surface area contributed by atoms with Gasteiger partial charge in [0.1, 0.15) is 6.04 Å². The van der Waals surface area contributed by atoms with E-state index in [-0.39, 0.29) is 24.7 Å². The molecule has 3 atom stereocenters. The van der Waals surface area contributed by atoms with E-state index in [0.29, 0.717) is 19.6 Å². The molecule has 9 heteroatoms. The molecule has 0 saturated carbocycles. The fourth-order valence-electron chi connectivity index (χ4n) is 4.85. The third-order valence-electron chi connectivity index (χ3n) is 6.92. The number of carbonyl (C=O) groups is 3. The summed E-state index contributed by atoms with van der Waals surface area (Å²) in [5.41, 5.74) is 6.57. The van der Waals surface area contributed by atoms with Gasteiger partial charge in [0.15, 0.2) is 5.78 Å². The summed E-state index contributed by atoms with van der Waals surface area (Å²) in [5, 5.41) is 11.9. The number of hydrazone groups is 1. The molecular weight excluding hydrogens is 470 g/mol. The molecule has 1 fully saturated rings. The van der Waals surface area contributed by atoms with Crippen molar-refractivity contribution in [2.45, 2.75) is 50.9 Å². The highest BCUT2D eigenvalue weighted by Gasteiger charge is 2.54. The molecule has 37 heavy (non-hydrogen) atoms. The summed E-state index contributed by atoms with van der Waals surface area (Å²) in [6, 6.07) is 17.7. The minimum atomic E-state index is -1.17. The van der Waals surface area contributed by atoms with Crippen LogP contribution in [0.4, 0.5) is 0 Å². The molecule has 2 aliphatic rings. The van der Waals surface area contributed by atoms with Gasteiger partial charge in [-0.2, -0.15) is 5.10 Å². The van der Waals surface area contributed by atoms with Gasteiger partial charge in [-0.15, -0.1) is 0 Å². The van der Waals surface area contributed by atoms with E-state index in [4.69, 9.17) is 10.5 Å². The first-order chi connectivity index (χ1) is 17.6. The van der Waals surface area contributed by atoms with Crippen molar-refractivity contribution in [1.29, 1.82) is 0 Å². The number of ether oxygens (including phenoxy) is 1. The second kappa shape index (κ2) is 10.9. The summed E-state index contributed by atoms with van der Waals surface area (Å²) in [7, 11) is 1.64. The van der Waals surface area contributed by atoms with Crippen molar-refractivity contribution in [3.63, 3.8) is 0 Å². The van der Waals surface area contributed by atoms with Crippen LogP contribution in [0.15, 0.2) is 65.8 Å². The minimum Gasteiger partial charge on any atom is -0.374 e. The van der Waals surface area contributed by atoms with Gasteiger partial charge in [0, 0.05) is 13.6 Å². The molecule has 4 N–H and O–H groups in total. The van der Waals surface area contributed by atoms with E-state index in [1.807, 2.05) is 60.7 Å². The van der Waals surface area contributed by atoms with Crippen LogP contribution in [0.5, 0.6) is 0 Å². The molecule has 9 nitrogen and oxygen atoms in total. The lowest BCUT2D eigenvalue weighted by atomic mass is 9.69. The molecule has 2 aliphatic heterocycles. The molecule has 1 saturated heterocycles. The van der Waals surface area contributed by atoms with Crippen LogP contribution in [0.25, 0.3) is 0 Å². The fourth-order valence-corrected chi connectivity index (χ4v) is 4.85. The molecule has 196 valence electrons. The lowest BCUT2D eigenvalue weighted by molar-refractivity contribution is -0.137. The quantitative estimate of drug-likeness (QED) is 0.448. The largest absolute Gasteiger partial charge is 0.374 e. The Bertz CT molecular complexity index is 1160. The third-order valence-corrected chi connectivity index (χ3v) is 6.92. The Labute approximate surface area is 217 Å². The van der Waals surface area contributed by atoms with Gasteiger partial charge in [0.05, 0.1) is 35.9 Å². The Morgan fingerprint density at radius 1 is 1.16 bits per heavy atom. The Kier molecular flexibility index (Phi) is 7.87. The van der Waals surface area contributed by atoms with Gasteiger partial charge >= 0.3 is 0 Å². The van der Waals surface area contributed by atoms with E-state index < -0.39 is 28.9 Å². The van der Waals surface area contributed by atoms with E-state index in [0.717, 1.165) is 16.8 Å². The number of amides is 2. The molecular formula is C28H35N5O4. The van der Waals surface area contributed by atoms with Crippen LogP contribution in [0.3, 0.4) is 0 Å². The second-order valence-electron chi connectivity index (χ2n) is 10.4. The Morgan fingerprint density at radius 2 is 1.78 bits per heavy atom. The summed E-state index contributed by atoms with van der Waals surface area (Å²) in [6.07, 6.45) is 0.679. The van der Waals surface area contributed by atoms with E-state index in [9.17, 15) is 14.4 Å². The van der Waals surface area contributed by atoms with Gasteiger partial charge in [-0.3, -0.25) is 14.4 Å². The van der Waals surface area contributed by atoms with Gasteiger partial charge < -0.3 is 21.1 Å². The zero-order valence-corrected chi connectivity index (χ0v) is 21.6. The summed E-state index contributed by atoms with van der Waals surface area (Å²) < 4.78 is 5.85. The number of nitrogens with one attached hydrogen (secondary N) is 2. The Balaban J connectivity index is 1.54. The van der Waals surface area contributed by atoms with Crippen molar-refractivity contribution in [1.82, 2.24) is 15.6 Å². The summed E-state index contributed by atoms with van der Waals surface area (Å²) in [4.78, 5) is 39.9. The predicted molar refractivity (Wildman–Crippen MR) is 140 cm³/mol. The van der Waals surface area contributed by atoms with Crippen LogP contribution >= 0.6 is 0 Å². The van der Waals surface area contributed by atoms with Crippen molar-refractivity contribution in [2.24, 2.45) is 16.3 Å². The normalized spacial score (nSPS) is 22.3. The van der Waals surface area contributed by atoms with Crippen molar-refractivity contribution in [3.8, 4) is 0 Å². The molecule has 0 bridgehead atoms. The SMILES string of the molecule is CN1N=C2CNC(C(=O)[C@@H](COCc3ccccc3)NC(=O)C(C)(C)N)C[C@@]2(Cc2ccccc2)C1=O. The summed E-state index contributed by atoms with van der Waals surface area (Å²) >= 11 is 0. The van der Waals surface area contributed by atoms with Crippen LogP contribution in [0, 0.1) is 5.41 Å². The fraction of sp³-hybridized carbons (Fsp3) is 0.429. The molecule has 2 amide bonds. The minimum absolute atomic E-state index is 0.0196. The lowest BCUT2D eigenvalue weighted by Gasteiger charge is -2.38. The van der Waals surface area contributed by atoms with E-state index >= 15 is 0 Å². The number of ketones is 1. The predicted octanol–water partition coefficient (Wildman–Crippen LogP) is 1.41. The third kappa shape index (κ3) is 5.95. The highest BCUT2D eigenvalue weighted by atomic mass is 16.5. The molecule has 4 rings (SSSR count). The first-order valence-electron chi connectivity index (χ1n) is 12.5. The first kappa shape index (κ1) is 26.7. The van der Waals surface area contributed by atoms with Gasteiger partial charge in [-0.1, -0.05) is 60.7 Å². The van der Waals surface area contributed by atoms with E-state index in [1.54, 1.807) is 20.9 Å². The number of rotatable bonds is 10. The zero-order valence-electron chi connectivity index (χ0n) is 21.6. The molecule has 0 aliphatic carbocycles. The average Bonchev–Trinajstić information content (AvgIpc) is 3.12. The van der Waals surface area contributed by atoms with Crippen molar-refractivity contribution >= 4 is 23.3 Å². The highest BCUT2D eigenvalue weighted by molar-refractivity contribution is 6.14. The van der Waals surface area contributed by atoms with Crippen molar-refractivity contribution in [2.75, 3.05) is 20.2 Å². The number of hydrogen-bond donors (Lipinski definition) is 3. The standard InChI is InChI=1S/C28H35N5O4/c1-27(2,29)25(35)31-22(18-37-17-20-12-8-5-9-13-20)24(34)21-15-28(14-19-10-6-4-7-11-19)23(16-30-21)32-33(3)26(28)36/h4-13,21-22,30H,14-18,29H2,1-3H3,(H,31,35)/t21?,22-,28-/m1/s1. The molecule has 0 aromatic heterocycles. The topological polar surface area (TPSA) is 126 Å². The number of hydrogen-bond acceptors (Lipinski definition) is 7. The van der Waals surface area contributed by atoms with Crippen molar-refractivity contribution in [3.05, 3.63) is 71.8 Å². The smallest absolute Gasteiger partial charge is 0.254 e. The molecule has 2 aromatic carbocycles. The van der Waals surface area contributed by atoms with Crippen LogP contribution < -0.4 is 16.4 Å². The lowest BCUT2D eigenvalue weighted by Crippen LogP contribution is -2.62. The summed E-state index contributed by atoms with van der Waals surface area (Å²) in [5.74, 6) is -0.836. The zero-order chi connectivity index (χ0) is 26.6. The monoisotopic (exact) mass is 505 g/mol. The number of nitrogens with zero attached hydrogens (tertiary/aromatic N) is 2. The maximum Gasteiger partial charge on any atom is 0.254 e. The van der Waals surface area contributed by atoms with Crippen LogP contribution in [-0.4, -0.2) is 66.1 Å². The maximum atomic E-state index is 13.8. The van der Waals surface area contributed by atoms with Gasteiger partial charge in [0.25, 0.3) is 5.91 Å². The van der Waals surface area contributed by atoms with E-state index in [2.05, 4.69) is 15.7 Å². The van der Waals surface area contributed by atoms with Gasteiger partial charge in [-0.25, -0.2) is 5.01 Å². The van der Waals surface area contributed by atoms with Crippen LogP contribution in [-0.2, 0) is 32.1 Å². The molecule has 0 radical (unpaired) electrons. The van der Waals surface area contributed by atoms with Crippen molar-refractivity contribution < 1.29 is 19.1 Å². The number of benzene rings is 2. The number of nitrogens with two attached hydrogens (primary N) is 1. The molecule has 0 spiro atoms. The van der Waals surface area contributed by atoms with Crippen LogP contribution in [0.2, 0.25) is 0 Å². The molecule has 2 heterocycles. The Hall–Kier alpha value is -3.40. The number of fused-ring (bicyclic) bond motifs is 1. The number of piperidine rings is 1. The van der Waals surface area contributed by atoms with Crippen LogP contribution in [0.1, 0.15) is 31.4 Å². The van der Waals surface area contributed by atoms with Gasteiger partial charge in [-0.05, 0) is 37.8 Å². The Morgan fingerprint density at radius 3 is 2.41 bits per heavy atom. The average molecular weight is 506 g/mol.